The Balaban J connectivity index is 3.95. The topological polar surface area (TPSA) is 83.8 Å². The molecule has 0 unspecified atom stereocenters. The van der Waals surface area contributed by atoms with Crippen molar-refractivity contribution >= 4 is 15.7 Å². The van der Waals surface area contributed by atoms with Gasteiger partial charge in [-0.2, -0.15) is 0 Å². The van der Waals surface area contributed by atoms with Gasteiger partial charge in [-0.15, -0.1) is 0 Å². The third-order valence-electron chi connectivity index (χ3n) is 1.22. The maximum absolute atomic E-state index is 10.3. The van der Waals surface area contributed by atoms with Crippen LogP contribution in [0.2, 0.25) is 0 Å². The molecule has 0 aliphatic carbocycles. The van der Waals surface area contributed by atoms with E-state index in [-0.39, 0.29) is 19.0 Å². The van der Waals surface area contributed by atoms with Crippen molar-refractivity contribution in [3.8, 4) is 5.75 Å². The number of phosphoric acid groups is 1. The fourth-order valence-corrected chi connectivity index (χ4v) is 1.19. The molecule has 0 aliphatic heterocycles. The van der Waals surface area contributed by atoms with E-state index in [2.05, 4.69) is 10.3 Å². The van der Waals surface area contributed by atoms with E-state index in [0.717, 1.165) is 0 Å². The zero-order valence-electron chi connectivity index (χ0n) is 7.38. The minimum absolute atomic E-state index is 0.111. The van der Waals surface area contributed by atoms with Gasteiger partial charge in [0.1, 0.15) is 0 Å². The minimum atomic E-state index is -4.39. The maximum atomic E-state index is 10.3. The van der Waals surface area contributed by atoms with Gasteiger partial charge in [0.05, 0.1) is 0 Å². The molecule has 2 N–H and O–H groups in total. The Labute approximate surface area is 77.5 Å². The Hall–Kier alpha value is 0.0800. The number of nitrogens with zero attached hydrogens (tertiary/aromatic N) is 1. The first-order valence-corrected chi connectivity index (χ1v) is 5.74. The van der Waals surface area contributed by atoms with Crippen molar-refractivity contribution in [2.24, 2.45) is 0 Å². The van der Waals surface area contributed by atoms with Crippen molar-refractivity contribution in [2.75, 3.05) is 27.2 Å². The Morgan fingerprint density at radius 3 is 2.46 bits per heavy atom. The number of hydrogen-bond acceptors (Lipinski definition) is 3. The molecule has 13 heavy (non-hydrogen) atoms. The van der Waals surface area contributed by atoms with Crippen LogP contribution in [0.3, 0.4) is 0 Å². The Bertz CT molecular complexity index is 302. The van der Waals surface area contributed by atoms with E-state index in [4.69, 9.17) is 9.79 Å². The number of rotatable bonds is 4. The SMILES string of the molecule is C[N+](C)(C#P=O)CCOP(=O)(O)O. The molecule has 0 radical (unpaired) electrons. The van der Waals surface area contributed by atoms with Crippen LogP contribution in [0.25, 0.3) is 0 Å². The van der Waals surface area contributed by atoms with E-state index in [1.807, 2.05) is 0 Å². The first-order chi connectivity index (χ1) is 5.77. The number of quaternary nitrogens is 1. The van der Waals surface area contributed by atoms with Gasteiger partial charge in [-0.25, -0.2) is 0 Å². The molecule has 0 aliphatic rings. The predicted molar refractivity (Wildman–Crippen MR) is 46.5 cm³/mol. The predicted octanol–water partition coefficient (Wildman–Crippen LogP) is 0.380. The van der Waals surface area contributed by atoms with E-state index in [1.54, 1.807) is 14.1 Å². The van der Waals surface area contributed by atoms with Crippen LogP contribution < -0.4 is 0 Å². The van der Waals surface area contributed by atoms with E-state index < -0.39 is 7.82 Å². The Morgan fingerprint density at radius 1 is 1.54 bits per heavy atom. The summed E-state index contributed by atoms with van der Waals surface area (Å²) in [6.45, 7) is 0.181. The van der Waals surface area contributed by atoms with Gasteiger partial charge in [0.2, 0.25) is 0 Å². The molecule has 0 bridgehead atoms. The van der Waals surface area contributed by atoms with Crippen molar-refractivity contribution in [1.29, 1.82) is 0 Å². The van der Waals surface area contributed by atoms with E-state index in [9.17, 15) is 9.13 Å². The van der Waals surface area contributed by atoms with Gasteiger partial charge in [-0.1, -0.05) is 0 Å². The number of likely N-dealkylation sites (N-methyl/N-ethyl adjacent to an activating group) is 1. The third-order valence-corrected chi connectivity index (χ3v) is 2.36. The second-order valence-electron chi connectivity index (χ2n) is 2.92. The molecule has 0 amide bonds. The normalized spacial score (nSPS) is 12.3. The summed E-state index contributed by atoms with van der Waals surface area (Å²) in [6, 6.07) is 0. The summed E-state index contributed by atoms with van der Waals surface area (Å²) >= 11 is 0. The Kier molecular flexibility index (Phi) is 5.11. The quantitative estimate of drug-likeness (QED) is 0.536. The zero-order valence-corrected chi connectivity index (χ0v) is 9.16. The van der Waals surface area contributed by atoms with Crippen LogP contribution in [-0.4, -0.2) is 41.5 Å². The molecule has 8 heteroatoms. The first kappa shape index (κ1) is 13.1. The molecule has 0 fully saturated rings. The molecular formula is C5H12NO5P2+. The summed E-state index contributed by atoms with van der Waals surface area (Å²) in [4.78, 5) is 16.7. The zero-order chi connectivity index (χ0) is 10.5. The average Bonchev–Trinajstić information content (AvgIpc) is 1.82. The van der Waals surface area contributed by atoms with Crippen molar-refractivity contribution in [2.45, 2.75) is 0 Å². The van der Waals surface area contributed by atoms with E-state index in [1.165, 1.54) is 0 Å². The Morgan fingerprint density at radius 2 is 2.08 bits per heavy atom. The molecule has 0 aromatic carbocycles. The van der Waals surface area contributed by atoms with Crippen LogP contribution in [0.15, 0.2) is 0 Å². The van der Waals surface area contributed by atoms with Crippen LogP contribution >= 0.6 is 15.7 Å². The molecule has 0 heterocycles. The second kappa shape index (κ2) is 5.08. The van der Waals surface area contributed by atoms with Gasteiger partial charge in [0.15, 0.2) is 0 Å². The molecule has 0 saturated carbocycles. The molecule has 6 nitrogen and oxygen atoms in total. The van der Waals surface area contributed by atoms with Gasteiger partial charge in [0.25, 0.3) is 0 Å². The second-order valence-corrected chi connectivity index (χ2v) is 4.55. The fraction of sp³-hybridized carbons (Fsp3) is 0.800. The van der Waals surface area contributed by atoms with Crippen LogP contribution in [0.5, 0.6) is 0 Å². The summed E-state index contributed by atoms with van der Waals surface area (Å²) in [6.07, 6.45) is 0. The summed E-state index contributed by atoms with van der Waals surface area (Å²) in [7, 11) is -1.25. The van der Waals surface area contributed by atoms with Gasteiger partial charge in [0, 0.05) is 0 Å². The molecule has 0 aromatic heterocycles. The van der Waals surface area contributed by atoms with Crippen LogP contribution in [0.4, 0.5) is 0 Å². The van der Waals surface area contributed by atoms with Gasteiger partial charge in [-0.3, -0.25) is 0 Å². The molecule has 0 spiro atoms. The molecule has 0 saturated heterocycles. The molecule has 0 atom stereocenters. The summed E-state index contributed by atoms with van der Waals surface area (Å²) < 4.78 is 24.8. The molecule has 0 aromatic rings. The summed E-state index contributed by atoms with van der Waals surface area (Å²) in [5.41, 5.74) is 0. The molecule has 76 valence electrons. The standard InChI is InChI=1S/C5H11NO5P2/c1-6(2,5-12-7)3-4-11-13(8,9)10/h3-4H2,1-2H3,(H-,8,9,10)/p+1. The van der Waals surface area contributed by atoms with E-state index in [0.29, 0.717) is 6.54 Å². The van der Waals surface area contributed by atoms with Crippen LogP contribution in [-0.2, 0) is 13.7 Å². The molecular weight excluding hydrogens is 216 g/mol. The molecule has 0 rings (SSSR count). The van der Waals surface area contributed by atoms with Crippen molar-refractivity contribution in [3.05, 3.63) is 0 Å². The van der Waals surface area contributed by atoms with Crippen molar-refractivity contribution < 1.29 is 27.9 Å². The van der Waals surface area contributed by atoms with Crippen LogP contribution in [0.1, 0.15) is 0 Å². The number of phosphoric ester groups is 1. The number of hydrogen-bond donors (Lipinski definition) is 2. The van der Waals surface area contributed by atoms with Gasteiger partial charge >= 0.3 is 76.7 Å². The van der Waals surface area contributed by atoms with Crippen molar-refractivity contribution in [3.63, 3.8) is 0 Å². The van der Waals surface area contributed by atoms with Gasteiger partial charge < -0.3 is 0 Å². The first-order valence-electron chi connectivity index (χ1n) is 3.39. The van der Waals surface area contributed by atoms with Gasteiger partial charge in [-0.05, 0) is 0 Å². The average molecular weight is 228 g/mol. The fourth-order valence-electron chi connectivity index (χ4n) is 0.548. The van der Waals surface area contributed by atoms with Crippen molar-refractivity contribution in [1.82, 2.24) is 0 Å². The van der Waals surface area contributed by atoms with E-state index >= 15 is 0 Å². The monoisotopic (exact) mass is 228 g/mol. The van der Waals surface area contributed by atoms with Crippen LogP contribution in [0, 0.1) is 5.75 Å². The summed E-state index contributed by atoms with van der Waals surface area (Å²) in [5.74, 6) is 2.53. The summed E-state index contributed by atoms with van der Waals surface area (Å²) in [5, 5.41) is 0. The third kappa shape index (κ3) is 8.41.